The number of nitro groups is 1. The van der Waals surface area contributed by atoms with E-state index in [1.165, 1.54) is 17.8 Å². The molecule has 7 heteroatoms. The Hall–Kier alpha value is -1.60. The maximum Gasteiger partial charge on any atom is 0.324 e. The van der Waals surface area contributed by atoms with Crippen LogP contribution in [0.15, 0.2) is 29.2 Å². The summed E-state index contributed by atoms with van der Waals surface area (Å²) in [5.41, 5.74) is -1.14. The molecule has 0 aliphatic heterocycles. The van der Waals surface area contributed by atoms with E-state index in [1.807, 2.05) is 13.8 Å². The molecular weight excluding hydrogens is 280 g/mol. The number of carboxylic acids is 1. The number of para-hydroxylation sites is 1. The van der Waals surface area contributed by atoms with E-state index in [-0.39, 0.29) is 17.5 Å². The number of aliphatic carboxylic acids is 1. The molecule has 0 bridgehead atoms. The summed E-state index contributed by atoms with van der Waals surface area (Å²) in [4.78, 5) is 22.3. The number of carboxylic acid groups (broad SMARTS) is 1. The molecule has 0 saturated carbocycles. The van der Waals surface area contributed by atoms with Crippen LogP contribution in [-0.2, 0) is 4.79 Å². The van der Waals surface area contributed by atoms with Gasteiger partial charge in [-0.05, 0) is 26.8 Å². The monoisotopic (exact) mass is 298 g/mol. The highest BCUT2D eigenvalue weighted by Gasteiger charge is 2.34. The number of benzene rings is 1. The second kappa shape index (κ2) is 6.71. The van der Waals surface area contributed by atoms with Crippen molar-refractivity contribution in [1.82, 2.24) is 5.32 Å². The molecule has 0 aliphatic carbocycles. The third-order valence-electron chi connectivity index (χ3n) is 2.66. The predicted molar refractivity (Wildman–Crippen MR) is 78.1 cm³/mol. The van der Waals surface area contributed by atoms with Gasteiger partial charge >= 0.3 is 5.97 Å². The first-order valence-corrected chi connectivity index (χ1v) is 7.12. The number of nitrogens with zero attached hydrogens (tertiary/aromatic N) is 1. The van der Waals surface area contributed by atoms with E-state index in [9.17, 15) is 20.0 Å². The Labute approximate surface area is 121 Å². The van der Waals surface area contributed by atoms with Gasteiger partial charge in [0.15, 0.2) is 0 Å². The van der Waals surface area contributed by atoms with E-state index in [2.05, 4.69) is 5.32 Å². The SMILES string of the molecule is CC(C)NC(C)(CSc1ccccc1[N+](=O)[O-])C(=O)O. The van der Waals surface area contributed by atoms with Crippen molar-refractivity contribution in [2.75, 3.05) is 5.75 Å². The Morgan fingerprint density at radius 1 is 1.50 bits per heavy atom. The van der Waals surface area contributed by atoms with Crippen LogP contribution in [0.5, 0.6) is 0 Å². The zero-order chi connectivity index (χ0) is 15.3. The molecule has 2 N–H and O–H groups in total. The minimum absolute atomic E-state index is 0.00228. The minimum Gasteiger partial charge on any atom is -0.480 e. The second-order valence-electron chi connectivity index (χ2n) is 4.95. The van der Waals surface area contributed by atoms with Crippen LogP contribution in [0.1, 0.15) is 20.8 Å². The first-order valence-electron chi connectivity index (χ1n) is 6.13. The summed E-state index contributed by atoms with van der Waals surface area (Å²) in [6.07, 6.45) is 0. The van der Waals surface area contributed by atoms with Crippen LogP contribution in [0.25, 0.3) is 0 Å². The number of nitro benzene ring substituents is 1. The fourth-order valence-electron chi connectivity index (χ4n) is 1.75. The molecular formula is C13H18N2O4S. The fraction of sp³-hybridized carbons (Fsp3) is 0.462. The highest BCUT2D eigenvalue weighted by atomic mass is 32.2. The molecule has 1 aromatic carbocycles. The molecule has 0 heterocycles. The van der Waals surface area contributed by atoms with Crippen molar-refractivity contribution in [2.24, 2.45) is 0 Å². The van der Waals surface area contributed by atoms with Crippen LogP contribution in [0.2, 0.25) is 0 Å². The molecule has 1 atom stereocenters. The summed E-state index contributed by atoms with van der Waals surface area (Å²) in [7, 11) is 0. The molecule has 0 aliphatic rings. The Kier molecular flexibility index (Phi) is 5.52. The fourth-order valence-corrected chi connectivity index (χ4v) is 2.87. The molecule has 0 radical (unpaired) electrons. The molecule has 110 valence electrons. The lowest BCUT2D eigenvalue weighted by molar-refractivity contribution is -0.387. The molecule has 1 rings (SSSR count). The zero-order valence-electron chi connectivity index (χ0n) is 11.6. The molecule has 20 heavy (non-hydrogen) atoms. The zero-order valence-corrected chi connectivity index (χ0v) is 12.4. The lowest BCUT2D eigenvalue weighted by Crippen LogP contribution is -2.54. The predicted octanol–water partition coefficient (Wildman–Crippen LogP) is 2.53. The van der Waals surface area contributed by atoms with Crippen molar-refractivity contribution in [3.05, 3.63) is 34.4 Å². The first kappa shape index (κ1) is 16.5. The van der Waals surface area contributed by atoms with E-state index in [0.717, 1.165) is 0 Å². The minimum atomic E-state index is -1.14. The van der Waals surface area contributed by atoms with Crippen LogP contribution in [0, 0.1) is 10.1 Å². The van der Waals surface area contributed by atoms with Gasteiger partial charge in [-0.2, -0.15) is 0 Å². The molecule has 0 spiro atoms. The summed E-state index contributed by atoms with van der Waals surface area (Å²) >= 11 is 1.17. The first-order chi connectivity index (χ1) is 9.26. The van der Waals surface area contributed by atoms with Crippen molar-refractivity contribution in [3.63, 3.8) is 0 Å². The smallest absolute Gasteiger partial charge is 0.324 e. The van der Waals surface area contributed by atoms with Crippen molar-refractivity contribution in [2.45, 2.75) is 37.2 Å². The standard InChI is InChI=1S/C13H18N2O4S/c1-9(2)14-13(3,12(16)17)8-20-11-7-5-4-6-10(11)15(18)19/h4-7,9,14H,8H2,1-3H3,(H,16,17). The Morgan fingerprint density at radius 3 is 2.60 bits per heavy atom. The van der Waals surface area contributed by atoms with E-state index in [0.29, 0.717) is 4.90 Å². The highest BCUT2D eigenvalue weighted by molar-refractivity contribution is 7.99. The lowest BCUT2D eigenvalue weighted by atomic mass is 10.1. The molecule has 0 saturated heterocycles. The summed E-state index contributed by atoms with van der Waals surface area (Å²) in [5, 5.41) is 23.2. The van der Waals surface area contributed by atoms with Gasteiger partial charge in [0, 0.05) is 17.9 Å². The van der Waals surface area contributed by atoms with Gasteiger partial charge in [0.25, 0.3) is 5.69 Å². The third kappa shape index (κ3) is 4.21. The topological polar surface area (TPSA) is 92.5 Å². The Balaban J connectivity index is 2.88. The van der Waals surface area contributed by atoms with Crippen molar-refractivity contribution >= 4 is 23.4 Å². The number of nitrogens with one attached hydrogen (secondary N) is 1. The maximum absolute atomic E-state index is 11.4. The van der Waals surface area contributed by atoms with Crippen molar-refractivity contribution in [1.29, 1.82) is 0 Å². The largest absolute Gasteiger partial charge is 0.480 e. The van der Waals surface area contributed by atoms with Gasteiger partial charge in [0.05, 0.1) is 9.82 Å². The normalized spacial score (nSPS) is 14.0. The Morgan fingerprint density at radius 2 is 2.10 bits per heavy atom. The molecule has 0 aromatic heterocycles. The highest BCUT2D eigenvalue weighted by Crippen LogP contribution is 2.31. The van der Waals surface area contributed by atoms with Gasteiger partial charge in [-0.3, -0.25) is 20.2 Å². The van der Waals surface area contributed by atoms with Gasteiger partial charge in [-0.25, -0.2) is 0 Å². The molecule has 0 fully saturated rings. The van der Waals surface area contributed by atoms with Gasteiger partial charge < -0.3 is 5.11 Å². The Bertz CT molecular complexity index is 507. The van der Waals surface area contributed by atoms with Gasteiger partial charge in [-0.15, -0.1) is 11.8 Å². The number of hydrogen-bond donors (Lipinski definition) is 2. The van der Waals surface area contributed by atoms with Gasteiger partial charge in [0.1, 0.15) is 5.54 Å². The average molecular weight is 298 g/mol. The van der Waals surface area contributed by atoms with Gasteiger partial charge in [0.2, 0.25) is 0 Å². The number of thioether (sulfide) groups is 1. The van der Waals surface area contributed by atoms with E-state index in [1.54, 1.807) is 25.1 Å². The van der Waals surface area contributed by atoms with Crippen LogP contribution < -0.4 is 5.32 Å². The molecule has 1 aromatic rings. The van der Waals surface area contributed by atoms with Crippen LogP contribution >= 0.6 is 11.8 Å². The van der Waals surface area contributed by atoms with E-state index < -0.39 is 16.4 Å². The van der Waals surface area contributed by atoms with Crippen molar-refractivity contribution in [3.8, 4) is 0 Å². The molecule has 0 amide bonds. The van der Waals surface area contributed by atoms with Crippen molar-refractivity contribution < 1.29 is 14.8 Å². The number of hydrogen-bond acceptors (Lipinski definition) is 5. The summed E-state index contributed by atoms with van der Waals surface area (Å²) in [6, 6.07) is 6.33. The third-order valence-corrected chi connectivity index (χ3v) is 4.04. The van der Waals surface area contributed by atoms with E-state index >= 15 is 0 Å². The lowest BCUT2D eigenvalue weighted by Gasteiger charge is -2.28. The van der Waals surface area contributed by atoms with Gasteiger partial charge in [-0.1, -0.05) is 12.1 Å². The summed E-state index contributed by atoms with van der Waals surface area (Å²) in [6.45, 7) is 5.30. The summed E-state index contributed by atoms with van der Waals surface area (Å²) < 4.78 is 0. The van der Waals surface area contributed by atoms with Crippen LogP contribution in [0.4, 0.5) is 5.69 Å². The average Bonchev–Trinajstić information content (AvgIpc) is 2.35. The van der Waals surface area contributed by atoms with Crippen LogP contribution in [0.3, 0.4) is 0 Å². The maximum atomic E-state index is 11.4. The van der Waals surface area contributed by atoms with Crippen LogP contribution in [-0.4, -0.2) is 33.3 Å². The molecule has 6 nitrogen and oxygen atoms in total. The molecule has 1 unspecified atom stereocenters. The number of carbonyl (C=O) groups is 1. The number of rotatable bonds is 7. The van der Waals surface area contributed by atoms with E-state index in [4.69, 9.17) is 0 Å². The second-order valence-corrected chi connectivity index (χ2v) is 5.97. The quantitative estimate of drug-likeness (QED) is 0.456. The summed E-state index contributed by atoms with van der Waals surface area (Å²) in [5.74, 6) is -0.775.